The third kappa shape index (κ3) is 2.93. The van der Waals surface area contributed by atoms with Gasteiger partial charge in [-0.1, -0.05) is 71.8 Å². The van der Waals surface area contributed by atoms with Crippen molar-refractivity contribution >= 4 is 23.2 Å². The Morgan fingerprint density at radius 3 is 2.58 bits per heavy atom. The predicted octanol–water partition coefficient (Wildman–Crippen LogP) is 5.80. The molecule has 0 fully saturated rings. The lowest BCUT2D eigenvalue weighted by molar-refractivity contribution is 0.223. The first kappa shape index (κ1) is 18.2. The van der Waals surface area contributed by atoms with Gasteiger partial charge in [0, 0.05) is 16.2 Å². The summed E-state index contributed by atoms with van der Waals surface area (Å²) in [4.78, 5) is 4.47. The molecule has 2 atom stereocenters. The van der Waals surface area contributed by atoms with Crippen LogP contribution in [0.2, 0.25) is 5.02 Å². The van der Waals surface area contributed by atoms with E-state index in [4.69, 9.17) is 16.3 Å². The fraction of sp³-hybridized carbons (Fsp3) is 0.120. The third-order valence-electron chi connectivity index (χ3n) is 5.87. The maximum atomic E-state index is 6.59. The van der Waals surface area contributed by atoms with Crippen LogP contribution in [0.3, 0.4) is 0 Å². The van der Waals surface area contributed by atoms with Crippen molar-refractivity contribution in [2.75, 3.05) is 5.32 Å². The highest BCUT2D eigenvalue weighted by molar-refractivity contribution is 6.30. The maximum Gasteiger partial charge on any atom is 0.226 e. The Balaban J connectivity index is 1.64. The molecule has 0 unspecified atom stereocenters. The zero-order chi connectivity index (χ0) is 20.9. The van der Waals surface area contributed by atoms with Gasteiger partial charge in [0.05, 0.1) is 5.70 Å². The number of benzene rings is 3. The molecule has 3 aromatic carbocycles. The van der Waals surface area contributed by atoms with Crippen molar-refractivity contribution in [2.24, 2.45) is 0 Å². The molecule has 6 heteroatoms. The summed E-state index contributed by atoms with van der Waals surface area (Å²) in [5, 5.41) is 8.72. The number of ether oxygens (including phenoxy) is 1. The van der Waals surface area contributed by atoms with Gasteiger partial charge in [-0.25, -0.2) is 4.68 Å². The molecule has 0 saturated carbocycles. The van der Waals surface area contributed by atoms with Crippen molar-refractivity contribution < 1.29 is 4.74 Å². The highest BCUT2D eigenvalue weighted by atomic mass is 35.5. The van der Waals surface area contributed by atoms with Crippen LogP contribution in [0.5, 0.6) is 5.75 Å². The number of halogens is 1. The zero-order valence-electron chi connectivity index (χ0n) is 16.8. The van der Waals surface area contributed by atoms with Crippen LogP contribution in [-0.4, -0.2) is 14.8 Å². The van der Waals surface area contributed by atoms with Gasteiger partial charge in [-0.05, 0) is 36.2 Å². The largest absolute Gasteiger partial charge is 0.480 e. The van der Waals surface area contributed by atoms with Crippen molar-refractivity contribution in [3.05, 3.63) is 112 Å². The van der Waals surface area contributed by atoms with Crippen molar-refractivity contribution in [1.29, 1.82) is 0 Å². The minimum absolute atomic E-state index is 0.160. The molecule has 2 aliphatic heterocycles. The summed E-state index contributed by atoms with van der Waals surface area (Å²) in [7, 11) is 0. The minimum Gasteiger partial charge on any atom is -0.480 e. The number of nitrogens with zero attached hydrogens (tertiary/aromatic N) is 3. The Morgan fingerprint density at radius 2 is 1.77 bits per heavy atom. The van der Waals surface area contributed by atoms with E-state index in [2.05, 4.69) is 58.7 Å². The molecule has 0 saturated heterocycles. The average molecular weight is 427 g/mol. The second-order valence-electron chi connectivity index (χ2n) is 7.85. The first-order chi connectivity index (χ1) is 15.2. The second kappa shape index (κ2) is 7.00. The predicted molar refractivity (Wildman–Crippen MR) is 121 cm³/mol. The molecule has 5 nitrogen and oxygen atoms in total. The Morgan fingerprint density at radius 1 is 0.968 bits per heavy atom. The molecule has 3 heterocycles. The molecule has 0 amide bonds. The molecule has 0 aliphatic carbocycles. The fourth-order valence-corrected chi connectivity index (χ4v) is 4.59. The van der Waals surface area contributed by atoms with Crippen molar-refractivity contribution in [3.63, 3.8) is 0 Å². The van der Waals surface area contributed by atoms with Crippen LogP contribution in [0.25, 0.3) is 5.70 Å². The number of aryl methyl sites for hydroxylation is 1. The highest BCUT2D eigenvalue weighted by Gasteiger charge is 2.40. The van der Waals surface area contributed by atoms with Crippen LogP contribution < -0.4 is 10.1 Å². The van der Waals surface area contributed by atoms with Crippen LogP contribution in [0.4, 0.5) is 5.95 Å². The minimum atomic E-state index is -0.277. The summed E-state index contributed by atoms with van der Waals surface area (Å²) in [6, 6.07) is 24.4. The van der Waals surface area contributed by atoms with E-state index in [1.54, 1.807) is 6.33 Å². The Bertz CT molecular complexity index is 1310. The van der Waals surface area contributed by atoms with Crippen LogP contribution in [0.15, 0.2) is 84.7 Å². The van der Waals surface area contributed by atoms with Gasteiger partial charge in [-0.15, -0.1) is 0 Å². The summed E-state index contributed by atoms with van der Waals surface area (Å²) >= 11 is 6.37. The smallest absolute Gasteiger partial charge is 0.226 e. The quantitative estimate of drug-likeness (QED) is 0.440. The van der Waals surface area contributed by atoms with Crippen LogP contribution in [0.1, 0.15) is 34.4 Å². The molecule has 1 N–H and O–H groups in total. The van der Waals surface area contributed by atoms with Crippen molar-refractivity contribution in [1.82, 2.24) is 14.8 Å². The number of rotatable bonds is 2. The van der Waals surface area contributed by atoms with Gasteiger partial charge in [0.25, 0.3) is 0 Å². The summed E-state index contributed by atoms with van der Waals surface area (Å²) in [6.07, 6.45) is 1.31. The highest BCUT2D eigenvalue weighted by Crippen LogP contribution is 2.50. The van der Waals surface area contributed by atoms with E-state index in [9.17, 15) is 0 Å². The maximum absolute atomic E-state index is 6.59. The van der Waals surface area contributed by atoms with Gasteiger partial charge >= 0.3 is 0 Å². The first-order valence-corrected chi connectivity index (χ1v) is 10.6. The van der Waals surface area contributed by atoms with Gasteiger partial charge in [0.15, 0.2) is 0 Å². The van der Waals surface area contributed by atoms with E-state index < -0.39 is 0 Å². The SMILES string of the molecule is Cc1ccc([C@@H]2C3=C(Nc4ncnn42)c2cc(Cl)ccc2O[C@H]3c2ccccc2)cc1. The first-order valence-electron chi connectivity index (χ1n) is 10.2. The van der Waals surface area contributed by atoms with E-state index in [1.807, 2.05) is 41.1 Å². The molecule has 4 aromatic rings. The standard InChI is InChI=1S/C25H19ClN4O/c1-15-7-9-16(10-8-15)23-21-22(29-25-27-14-28-30(23)25)19-13-18(26)11-12-20(19)31-24(21)17-5-3-2-4-6-17/h2-14,23-24H,1H3,(H,27,28,29)/t23-,24+/m1/s1. The molecular weight excluding hydrogens is 408 g/mol. The number of aromatic nitrogens is 3. The van der Waals surface area contributed by atoms with E-state index in [1.165, 1.54) is 5.56 Å². The lowest BCUT2D eigenvalue weighted by Gasteiger charge is -2.39. The number of hydrogen-bond donors (Lipinski definition) is 1. The van der Waals surface area contributed by atoms with Crippen LogP contribution >= 0.6 is 11.6 Å². The molecule has 0 bridgehead atoms. The molecule has 1 aromatic heterocycles. The van der Waals surface area contributed by atoms with Gasteiger partial charge < -0.3 is 10.1 Å². The second-order valence-corrected chi connectivity index (χ2v) is 8.28. The Hall–Kier alpha value is -3.57. The Labute approximate surface area is 185 Å². The summed E-state index contributed by atoms with van der Waals surface area (Å²) in [5.74, 6) is 1.49. The summed E-state index contributed by atoms with van der Waals surface area (Å²) in [5.41, 5.74) is 6.41. The molecular formula is C25H19ClN4O. The normalized spacial score (nSPS) is 19.0. The third-order valence-corrected chi connectivity index (χ3v) is 6.11. The van der Waals surface area contributed by atoms with Gasteiger partial charge in [0.1, 0.15) is 24.2 Å². The molecule has 6 rings (SSSR count). The number of hydrogen-bond acceptors (Lipinski definition) is 4. The van der Waals surface area contributed by atoms with Crippen molar-refractivity contribution in [3.8, 4) is 5.75 Å². The van der Waals surface area contributed by atoms with E-state index in [0.717, 1.165) is 33.7 Å². The zero-order valence-corrected chi connectivity index (χ0v) is 17.5. The van der Waals surface area contributed by atoms with E-state index in [-0.39, 0.29) is 12.1 Å². The number of fused-ring (bicyclic) bond motifs is 3. The molecule has 0 radical (unpaired) electrons. The molecule has 31 heavy (non-hydrogen) atoms. The van der Waals surface area contributed by atoms with E-state index in [0.29, 0.717) is 11.0 Å². The fourth-order valence-electron chi connectivity index (χ4n) is 4.41. The lowest BCUT2D eigenvalue weighted by atomic mass is 9.84. The van der Waals surface area contributed by atoms with Crippen LogP contribution in [0, 0.1) is 6.92 Å². The van der Waals surface area contributed by atoms with Gasteiger partial charge in [-0.3, -0.25) is 0 Å². The van der Waals surface area contributed by atoms with Crippen molar-refractivity contribution in [2.45, 2.75) is 19.1 Å². The molecule has 2 aliphatic rings. The molecule has 152 valence electrons. The monoisotopic (exact) mass is 426 g/mol. The van der Waals surface area contributed by atoms with E-state index >= 15 is 0 Å². The summed E-state index contributed by atoms with van der Waals surface area (Å²) in [6.45, 7) is 2.09. The number of anilines is 1. The van der Waals surface area contributed by atoms with Gasteiger partial charge in [-0.2, -0.15) is 10.1 Å². The number of nitrogens with one attached hydrogen (secondary N) is 1. The lowest BCUT2D eigenvalue weighted by Crippen LogP contribution is -2.32. The van der Waals surface area contributed by atoms with Gasteiger partial charge in [0.2, 0.25) is 5.95 Å². The Kier molecular flexibility index (Phi) is 4.11. The average Bonchev–Trinajstić information content (AvgIpc) is 3.27. The summed E-state index contributed by atoms with van der Waals surface area (Å²) < 4.78 is 8.52. The van der Waals surface area contributed by atoms with Crippen LogP contribution in [-0.2, 0) is 0 Å². The molecule has 0 spiro atoms. The topological polar surface area (TPSA) is 52.0 Å².